The van der Waals surface area contributed by atoms with Crippen molar-refractivity contribution in [2.24, 2.45) is 0 Å². The predicted octanol–water partition coefficient (Wildman–Crippen LogP) is 8.47. The number of unbranched alkanes of at least 4 members (excludes halogenated alkanes) is 6. The molecule has 2 aromatic carbocycles. The number of rotatable bonds is 14. The van der Waals surface area contributed by atoms with Crippen molar-refractivity contribution in [3.8, 4) is 0 Å². The quantitative estimate of drug-likeness (QED) is 0.197. The summed E-state index contributed by atoms with van der Waals surface area (Å²) in [5.74, 6) is -1.35. The largest absolute Gasteiger partial charge is 0.481 e. The second-order valence-electron chi connectivity index (χ2n) is 10.6. The third kappa shape index (κ3) is 7.08. The lowest BCUT2D eigenvalue weighted by Crippen LogP contribution is -2.30. The van der Waals surface area contributed by atoms with E-state index in [1.807, 2.05) is 38.1 Å². The van der Waals surface area contributed by atoms with Gasteiger partial charge in [-0.3, -0.25) is 14.4 Å². The third-order valence-electron chi connectivity index (χ3n) is 7.19. The Kier molecular flexibility index (Phi) is 11.1. The molecule has 1 atom stereocenters. The third-order valence-corrected chi connectivity index (χ3v) is 10.2. The monoisotopic (exact) mass is 526 g/mol. The summed E-state index contributed by atoms with van der Waals surface area (Å²) in [6.07, 6.45) is 6.77. The first-order valence-corrected chi connectivity index (χ1v) is 15.2. The first-order chi connectivity index (χ1) is 17.4. The van der Waals surface area contributed by atoms with Crippen molar-refractivity contribution in [3.63, 3.8) is 0 Å². The molecule has 1 unspecified atom stereocenters. The van der Waals surface area contributed by atoms with Crippen molar-refractivity contribution in [3.05, 3.63) is 68.8 Å². The van der Waals surface area contributed by atoms with Gasteiger partial charge in [-0.15, -0.1) is 0 Å². The minimum atomic E-state index is -4.59. The second-order valence-corrected chi connectivity index (χ2v) is 13.3. The highest BCUT2D eigenvalue weighted by atomic mass is 31.2. The van der Waals surface area contributed by atoms with Crippen LogP contribution in [0.2, 0.25) is 0 Å². The van der Waals surface area contributed by atoms with E-state index in [1.165, 1.54) is 6.42 Å². The van der Waals surface area contributed by atoms with Gasteiger partial charge in [-0.05, 0) is 70.2 Å². The highest BCUT2D eigenvalue weighted by Gasteiger charge is 2.52. The van der Waals surface area contributed by atoms with E-state index >= 15 is 0 Å². The zero-order valence-electron chi connectivity index (χ0n) is 23.6. The van der Waals surface area contributed by atoms with Crippen LogP contribution in [0.15, 0.2) is 24.3 Å². The lowest BCUT2D eigenvalue weighted by Gasteiger charge is -2.25. The first-order valence-electron chi connectivity index (χ1n) is 13.4. The van der Waals surface area contributed by atoms with Crippen molar-refractivity contribution in [2.75, 3.05) is 0 Å². The Morgan fingerprint density at radius 3 is 1.38 bits per heavy atom. The van der Waals surface area contributed by atoms with Crippen LogP contribution in [0, 0.1) is 41.5 Å². The number of aliphatic carboxylic acids is 1. The molecule has 0 aliphatic rings. The standard InChI is InChI=1S/C31H43O5P/c1-8-9-10-11-12-13-14-15-26(29(32)33)37(36,30(34)27-22(4)16-20(2)17-23(27)5)31(35)28-24(6)18-21(3)19-25(28)7/h16-19,26H,8-15H2,1-7H3,(H,32,33). The van der Waals surface area contributed by atoms with Crippen molar-refractivity contribution >= 4 is 24.2 Å². The summed E-state index contributed by atoms with van der Waals surface area (Å²) in [6.45, 7) is 12.9. The van der Waals surface area contributed by atoms with Gasteiger partial charge in [0, 0.05) is 11.1 Å². The Bertz CT molecular complexity index is 1090. The highest BCUT2D eigenvalue weighted by Crippen LogP contribution is 2.59. The number of carboxylic acid groups (broad SMARTS) is 1. The van der Waals surface area contributed by atoms with Crippen LogP contribution in [-0.4, -0.2) is 27.8 Å². The molecule has 5 nitrogen and oxygen atoms in total. The van der Waals surface area contributed by atoms with Crippen LogP contribution in [0.5, 0.6) is 0 Å². The molecule has 0 fully saturated rings. The summed E-state index contributed by atoms with van der Waals surface area (Å²) >= 11 is 0. The minimum Gasteiger partial charge on any atom is -0.481 e. The summed E-state index contributed by atoms with van der Waals surface area (Å²) in [5, 5.41) is 10.3. The molecular formula is C31H43O5P. The first kappa shape index (κ1) is 30.7. The van der Waals surface area contributed by atoms with Crippen LogP contribution in [0.1, 0.15) is 112 Å². The number of hydrogen-bond donors (Lipinski definition) is 1. The van der Waals surface area contributed by atoms with Gasteiger partial charge in [0.15, 0.2) is 0 Å². The molecule has 0 amide bonds. The number of carbonyl (C=O) groups excluding carboxylic acids is 2. The van der Waals surface area contributed by atoms with Crippen LogP contribution in [0.25, 0.3) is 0 Å². The highest BCUT2D eigenvalue weighted by molar-refractivity contribution is 7.96. The average molecular weight is 527 g/mol. The number of carboxylic acids is 1. The van der Waals surface area contributed by atoms with Crippen LogP contribution in [-0.2, 0) is 9.36 Å². The van der Waals surface area contributed by atoms with E-state index < -0.39 is 29.8 Å². The smallest absolute Gasteiger partial charge is 0.314 e. The molecule has 0 heterocycles. The average Bonchev–Trinajstić information content (AvgIpc) is 2.78. The topological polar surface area (TPSA) is 88.5 Å². The van der Waals surface area contributed by atoms with Crippen LogP contribution >= 0.6 is 7.14 Å². The molecule has 37 heavy (non-hydrogen) atoms. The number of benzene rings is 2. The molecule has 2 aromatic rings. The Balaban J connectivity index is 2.60. The second kappa shape index (κ2) is 13.3. The summed E-state index contributed by atoms with van der Waals surface area (Å²) < 4.78 is 14.9. The van der Waals surface area contributed by atoms with Crippen LogP contribution < -0.4 is 0 Å². The van der Waals surface area contributed by atoms with Crippen molar-refractivity contribution < 1.29 is 24.1 Å². The Morgan fingerprint density at radius 1 is 0.676 bits per heavy atom. The molecule has 0 aliphatic carbocycles. The van der Waals surface area contributed by atoms with Gasteiger partial charge in [0.2, 0.25) is 18.2 Å². The lowest BCUT2D eigenvalue weighted by molar-refractivity contribution is -0.136. The van der Waals surface area contributed by atoms with E-state index in [0.717, 1.165) is 43.2 Å². The molecule has 202 valence electrons. The number of carbonyl (C=O) groups is 3. The van der Waals surface area contributed by atoms with Crippen molar-refractivity contribution in [2.45, 2.75) is 105 Å². The van der Waals surface area contributed by atoms with E-state index in [4.69, 9.17) is 0 Å². The molecule has 2 rings (SSSR count). The van der Waals surface area contributed by atoms with Gasteiger partial charge in [-0.25, -0.2) is 0 Å². The van der Waals surface area contributed by atoms with Crippen LogP contribution in [0.4, 0.5) is 0 Å². The van der Waals surface area contributed by atoms with Crippen LogP contribution in [0.3, 0.4) is 0 Å². The molecule has 0 aromatic heterocycles. The Hall–Kier alpha value is -2.52. The van der Waals surface area contributed by atoms with Gasteiger partial charge in [0.25, 0.3) is 0 Å². The summed E-state index contributed by atoms with van der Waals surface area (Å²) in [6, 6.07) is 7.24. The molecule has 0 bridgehead atoms. The van der Waals surface area contributed by atoms with Gasteiger partial charge in [0.05, 0.1) is 0 Å². The van der Waals surface area contributed by atoms with E-state index in [1.54, 1.807) is 27.7 Å². The Labute approximate surface area is 222 Å². The Morgan fingerprint density at radius 2 is 1.03 bits per heavy atom. The molecule has 1 N–H and O–H groups in total. The lowest BCUT2D eigenvalue weighted by atomic mass is 10.0. The fourth-order valence-corrected chi connectivity index (χ4v) is 8.48. The maximum atomic E-state index is 14.9. The normalized spacial score (nSPS) is 12.4. The van der Waals surface area contributed by atoms with Crippen molar-refractivity contribution in [1.29, 1.82) is 0 Å². The molecular weight excluding hydrogens is 483 g/mol. The summed E-state index contributed by atoms with van der Waals surface area (Å²) in [4.78, 5) is 40.9. The van der Waals surface area contributed by atoms with Gasteiger partial charge in [-0.2, -0.15) is 0 Å². The zero-order valence-corrected chi connectivity index (χ0v) is 24.5. The minimum absolute atomic E-state index is 0.0335. The summed E-state index contributed by atoms with van der Waals surface area (Å²) in [5.41, 5.74) is 1.49. The molecule has 6 heteroatoms. The van der Waals surface area contributed by atoms with E-state index in [0.29, 0.717) is 28.7 Å². The maximum Gasteiger partial charge on any atom is 0.314 e. The van der Waals surface area contributed by atoms with E-state index in [2.05, 4.69) is 6.92 Å². The van der Waals surface area contributed by atoms with E-state index in [9.17, 15) is 24.1 Å². The van der Waals surface area contributed by atoms with Crippen molar-refractivity contribution in [1.82, 2.24) is 0 Å². The fraction of sp³-hybridized carbons (Fsp3) is 0.516. The maximum absolute atomic E-state index is 14.9. The predicted molar refractivity (Wildman–Crippen MR) is 152 cm³/mol. The summed E-state index contributed by atoms with van der Waals surface area (Å²) in [7, 11) is -4.59. The van der Waals surface area contributed by atoms with Gasteiger partial charge in [-0.1, -0.05) is 87.3 Å². The fourth-order valence-electron chi connectivity index (χ4n) is 5.50. The van der Waals surface area contributed by atoms with Gasteiger partial charge in [0.1, 0.15) is 5.66 Å². The molecule has 0 aliphatic heterocycles. The van der Waals surface area contributed by atoms with Gasteiger partial charge >= 0.3 is 5.97 Å². The zero-order chi connectivity index (χ0) is 27.9. The van der Waals surface area contributed by atoms with E-state index in [-0.39, 0.29) is 17.5 Å². The SMILES string of the molecule is CCCCCCCCCC(C(=O)O)P(=O)(C(=O)c1c(C)cc(C)cc1C)C(=O)c1c(C)cc(C)cc1C. The number of aryl methyl sites for hydroxylation is 6. The molecule has 0 saturated heterocycles. The molecule has 0 saturated carbocycles. The molecule has 0 spiro atoms. The molecule has 0 radical (unpaired) electrons. The number of hydrogen-bond acceptors (Lipinski definition) is 4. The van der Waals surface area contributed by atoms with Gasteiger partial charge < -0.3 is 9.67 Å².